The normalized spacial score (nSPS) is 10.9. The summed E-state index contributed by atoms with van der Waals surface area (Å²) in [4.78, 5) is 16.6. The van der Waals surface area contributed by atoms with Crippen molar-refractivity contribution in [2.75, 3.05) is 0 Å². The molecule has 4 aromatic rings. The van der Waals surface area contributed by atoms with Crippen LogP contribution in [0.3, 0.4) is 0 Å². The number of benzene rings is 1. The Morgan fingerprint density at radius 2 is 2.04 bits per heavy atom. The predicted molar refractivity (Wildman–Crippen MR) is 91.2 cm³/mol. The fraction of sp³-hybridized carbons (Fsp3) is 0.0526. The van der Waals surface area contributed by atoms with Gasteiger partial charge in [-0.3, -0.25) is 9.36 Å². The van der Waals surface area contributed by atoms with Gasteiger partial charge in [0.05, 0.1) is 17.8 Å². The molecule has 3 aromatic heterocycles. The summed E-state index contributed by atoms with van der Waals surface area (Å²) in [6.45, 7) is 0.268. The van der Waals surface area contributed by atoms with Crippen molar-refractivity contribution in [2.45, 2.75) is 6.54 Å². The molecule has 0 atom stereocenters. The van der Waals surface area contributed by atoms with Crippen molar-refractivity contribution in [2.24, 2.45) is 0 Å². The van der Waals surface area contributed by atoms with Crippen LogP contribution >= 0.6 is 0 Å². The standard InChI is InChI=1S/C19H13N3O/c1-2-10-22-17-8-6-14(12-15(17)7-9-19(22)23)16-13-21-11-4-3-5-18(21)20-16/h1,3-9,11-13H,10H2. The summed E-state index contributed by atoms with van der Waals surface area (Å²) < 4.78 is 3.58. The SMILES string of the molecule is C#CCn1c(=O)ccc2cc(-c3cn4ccccc4n3)ccc21. The molecule has 4 heteroatoms. The van der Waals surface area contributed by atoms with Crippen LogP contribution in [0.15, 0.2) is 65.7 Å². The summed E-state index contributed by atoms with van der Waals surface area (Å²) in [5.74, 6) is 2.53. The summed E-state index contributed by atoms with van der Waals surface area (Å²) in [6, 6.07) is 15.2. The smallest absolute Gasteiger partial charge is 0.251 e. The Labute approximate surface area is 132 Å². The number of nitrogens with zero attached hydrogens (tertiary/aromatic N) is 3. The molecule has 0 N–H and O–H groups in total. The van der Waals surface area contributed by atoms with Crippen LogP contribution in [0.2, 0.25) is 0 Å². The third-order valence-corrected chi connectivity index (χ3v) is 3.90. The van der Waals surface area contributed by atoms with Gasteiger partial charge in [-0.25, -0.2) is 4.98 Å². The van der Waals surface area contributed by atoms with Crippen LogP contribution in [0, 0.1) is 12.3 Å². The fourth-order valence-electron chi connectivity index (χ4n) is 2.79. The summed E-state index contributed by atoms with van der Waals surface area (Å²) in [5, 5.41) is 0.967. The molecule has 0 unspecified atom stereocenters. The van der Waals surface area contributed by atoms with Crippen molar-refractivity contribution in [1.29, 1.82) is 0 Å². The third kappa shape index (κ3) is 2.19. The minimum atomic E-state index is -0.0871. The second-order valence-electron chi connectivity index (χ2n) is 5.33. The van der Waals surface area contributed by atoms with E-state index in [0.717, 1.165) is 27.8 Å². The Morgan fingerprint density at radius 3 is 2.87 bits per heavy atom. The number of hydrogen-bond donors (Lipinski definition) is 0. The molecule has 23 heavy (non-hydrogen) atoms. The van der Waals surface area contributed by atoms with E-state index in [2.05, 4.69) is 10.9 Å². The molecule has 0 fully saturated rings. The second kappa shape index (κ2) is 5.15. The quantitative estimate of drug-likeness (QED) is 0.534. The van der Waals surface area contributed by atoms with Gasteiger partial charge in [0, 0.05) is 24.0 Å². The molecular formula is C19H13N3O. The van der Waals surface area contributed by atoms with Gasteiger partial charge in [0.15, 0.2) is 0 Å². The van der Waals surface area contributed by atoms with E-state index in [4.69, 9.17) is 6.42 Å². The zero-order valence-corrected chi connectivity index (χ0v) is 12.3. The molecule has 110 valence electrons. The molecule has 0 spiro atoms. The first-order valence-electron chi connectivity index (χ1n) is 7.27. The van der Waals surface area contributed by atoms with E-state index >= 15 is 0 Å². The monoisotopic (exact) mass is 299 g/mol. The van der Waals surface area contributed by atoms with Crippen molar-refractivity contribution in [1.82, 2.24) is 14.0 Å². The van der Waals surface area contributed by atoms with Gasteiger partial charge >= 0.3 is 0 Å². The molecule has 0 saturated carbocycles. The van der Waals surface area contributed by atoms with Crippen molar-refractivity contribution >= 4 is 16.6 Å². The number of fused-ring (bicyclic) bond motifs is 2. The van der Waals surface area contributed by atoms with E-state index in [9.17, 15) is 4.79 Å². The lowest BCUT2D eigenvalue weighted by atomic mass is 10.1. The lowest BCUT2D eigenvalue weighted by Gasteiger charge is -2.07. The molecule has 0 saturated heterocycles. The first kappa shape index (κ1) is 13.4. The largest absolute Gasteiger partial charge is 0.306 e. The molecule has 0 bridgehead atoms. The Kier molecular flexibility index (Phi) is 2.99. The van der Waals surface area contributed by atoms with Gasteiger partial charge in [-0.15, -0.1) is 6.42 Å². The van der Waals surface area contributed by atoms with Crippen molar-refractivity contribution in [3.05, 3.63) is 71.3 Å². The predicted octanol–water partition coefficient (Wildman–Crippen LogP) is 2.95. The highest BCUT2D eigenvalue weighted by Crippen LogP contribution is 2.23. The summed E-state index contributed by atoms with van der Waals surface area (Å²) in [7, 11) is 0. The average Bonchev–Trinajstić information content (AvgIpc) is 3.01. The molecule has 0 radical (unpaired) electrons. The molecular weight excluding hydrogens is 286 g/mol. The van der Waals surface area contributed by atoms with Crippen LogP contribution in [0.5, 0.6) is 0 Å². The first-order chi connectivity index (χ1) is 11.3. The van der Waals surface area contributed by atoms with Crippen LogP contribution in [-0.2, 0) is 6.54 Å². The zero-order chi connectivity index (χ0) is 15.8. The maximum absolute atomic E-state index is 11.9. The Balaban J connectivity index is 1.91. The maximum atomic E-state index is 11.9. The van der Waals surface area contributed by atoms with E-state index < -0.39 is 0 Å². The lowest BCUT2D eigenvalue weighted by molar-refractivity contribution is 0.836. The minimum absolute atomic E-state index is 0.0871. The molecule has 3 heterocycles. The second-order valence-corrected chi connectivity index (χ2v) is 5.33. The Hall–Kier alpha value is -3.32. The molecule has 0 aliphatic rings. The van der Waals surface area contributed by atoms with E-state index in [1.807, 2.05) is 59.3 Å². The summed E-state index contributed by atoms with van der Waals surface area (Å²) in [6.07, 6.45) is 9.33. The Morgan fingerprint density at radius 1 is 1.13 bits per heavy atom. The maximum Gasteiger partial charge on any atom is 0.251 e. The van der Waals surface area contributed by atoms with Gasteiger partial charge in [-0.1, -0.05) is 18.1 Å². The molecule has 1 aromatic carbocycles. The number of pyridine rings is 2. The van der Waals surface area contributed by atoms with Crippen LogP contribution in [-0.4, -0.2) is 14.0 Å². The van der Waals surface area contributed by atoms with E-state index in [1.165, 1.54) is 0 Å². The molecule has 0 amide bonds. The van der Waals surface area contributed by atoms with Gasteiger partial charge in [0.2, 0.25) is 0 Å². The van der Waals surface area contributed by atoms with Gasteiger partial charge < -0.3 is 4.40 Å². The molecule has 4 nitrogen and oxygen atoms in total. The lowest BCUT2D eigenvalue weighted by Crippen LogP contribution is -2.18. The summed E-state index contributed by atoms with van der Waals surface area (Å²) in [5.41, 5.74) is 3.55. The van der Waals surface area contributed by atoms with E-state index in [1.54, 1.807) is 10.6 Å². The zero-order valence-electron chi connectivity index (χ0n) is 12.3. The molecule has 0 aliphatic carbocycles. The number of terminal acetylenes is 1. The fourth-order valence-corrected chi connectivity index (χ4v) is 2.79. The van der Waals surface area contributed by atoms with Gasteiger partial charge in [-0.2, -0.15) is 0 Å². The van der Waals surface area contributed by atoms with Crippen molar-refractivity contribution in [3.8, 4) is 23.6 Å². The Bertz CT molecular complexity index is 1100. The number of imidazole rings is 1. The highest BCUT2D eigenvalue weighted by Gasteiger charge is 2.07. The average molecular weight is 299 g/mol. The number of hydrogen-bond acceptors (Lipinski definition) is 2. The molecule has 0 aliphatic heterocycles. The van der Waals surface area contributed by atoms with Crippen LogP contribution in [0.4, 0.5) is 0 Å². The van der Waals surface area contributed by atoms with Crippen molar-refractivity contribution in [3.63, 3.8) is 0 Å². The van der Waals surface area contributed by atoms with Crippen molar-refractivity contribution < 1.29 is 0 Å². The molecule has 4 rings (SSSR count). The highest BCUT2D eigenvalue weighted by molar-refractivity contribution is 5.84. The van der Waals surface area contributed by atoms with E-state index in [0.29, 0.717) is 0 Å². The topological polar surface area (TPSA) is 39.3 Å². The highest BCUT2D eigenvalue weighted by atomic mass is 16.1. The minimum Gasteiger partial charge on any atom is -0.306 e. The third-order valence-electron chi connectivity index (χ3n) is 3.90. The van der Waals surface area contributed by atoms with Crippen LogP contribution in [0.1, 0.15) is 0 Å². The van der Waals surface area contributed by atoms with Gasteiger partial charge in [-0.05, 0) is 35.7 Å². The van der Waals surface area contributed by atoms with Crippen LogP contribution in [0.25, 0.3) is 27.8 Å². The van der Waals surface area contributed by atoms with Gasteiger partial charge in [0.1, 0.15) is 5.65 Å². The first-order valence-corrected chi connectivity index (χ1v) is 7.27. The summed E-state index contributed by atoms with van der Waals surface area (Å²) >= 11 is 0. The van der Waals surface area contributed by atoms with Crippen LogP contribution < -0.4 is 5.56 Å². The number of aromatic nitrogens is 3. The number of rotatable bonds is 2. The van der Waals surface area contributed by atoms with E-state index in [-0.39, 0.29) is 12.1 Å². The van der Waals surface area contributed by atoms with Gasteiger partial charge in [0.25, 0.3) is 5.56 Å².